The minimum atomic E-state index is -1.07. The van der Waals surface area contributed by atoms with E-state index in [1.165, 1.54) is 0 Å². The first-order chi connectivity index (χ1) is 9.49. The molecule has 20 heavy (non-hydrogen) atoms. The van der Waals surface area contributed by atoms with Crippen LogP contribution in [0.5, 0.6) is 0 Å². The topological polar surface area (TPSA) is 49.8 Å². The molecule has 0 saturated carbocycles. The van der Waals surface area contributed by atoms with Crippen molar-refractivity contribution in [3.8, 4) is 0 Å². The van der Waals surface area contributed by atoms with Gasteiger partial charge in [0.15, 0.2) is 0 Å². The number of aromatic nitrogens is 1. The number of pyridine rings is 1. The number of hydrogen-bond donors (Lipinski definition) is 0. The van der Waals surface area contributed by atoms with Crippen LogP contribution in [0.4, 0.5) is 0 Å². The van der Waals surface area contributed by atoms with E-state index in [0.717, 1.165) is 11.3 Å². The molecule has 1 aliphatic rings. The van der Waals surface area contributed by atoms with Gasteiger partial charge < -0.3 is 18.9 Å². The predicted octanol–water partition coefficient (Wildman–Crippen LogP) is 2.57. The van der Waals surface area contributed by atoms with Crippen LogP contribution in [-0.2, 0) is 30.5 Å². The molecule has 110 valence electrons. The monoisotopic (exact) mass is 343 g/mol. The zero-order chi connectivity index (χ0) is 15.0. The Morgan fingerprint density at radius 1 is 1.00 bits per heavy atom. The lowest BCUT2D eigenvalue weighted by Gasteiger charge is -2.41. The van der Waals surface area contributed by atoms with Crippen LogP contribution in [0.15, 0.2) is 22.7 Å². The average Bonchev–Trinajstić information content (AvgIpc) is 2.47. The first-order valence-corrected chi connectivity index (χ1v) is 6.87. The molecule has 0 radical (unpaired) electrons. The summed E-state index contributed by atoms with van der Waals surface area (Å²) in [7, 11) is 6.30. The number of ether oxygens (including phenoxy) is 4. The molecular formula is C14H18BrNO4. The lowest BCUT2D eigenvalue weighted by molar-refractivity contribution is -0.214. The summed E-state index contributed by atoms with van der Waals surface area (Å²) >= 11 is 3.50. The van der Waals surface area contributed by atoms with Crippen LogP contribution in [0.3, 0.4) is 0 Å². The molecule has 1 aromatic rings. The zero-order valence-corrected chi connectivity index (χ0v) is 13.8. The number of fused-ring (bicyclic) bond motifs is 1. The molecule has 0 aliphatic heterocycles. The van der Waals surface area contributed by atoms with Crippen LogP contribution in [0.25, 0.3) is 0 Å². The predicted molar refractivity (Wildman–Crippen MR) is 77.4 cm³/mol. The molecule has 1 aromatic heterocycles. The molecule has 2 rings (SSSR count). The van der Waals surface area contributed by atoms with Gasteiger partial charge in [-0.05, 0) is 41.1 Å². The Morgan fingerprint density at radius 3 is 2.10 bits per heavy atom. The molecule has 1 aliphatic carbocycles. The third-order valence-corrected chi connectivity index (χ3v) is 4.28. The van der Waals surface area contributed by atoms with E-state index in [4.69, 9.17) is 18.9 Å². The number of nitrogens with zero attached hydrogens (tertiary/aromatic N) is 1. The summed E-state index contributed by atoms with van der Waals surface area (Å²) in [6, 6.07) is 3.80. The Kier molecular flexibility index (Phi) is 4.32. The Morgan fingerprint density at radius 2 is 1.60 bits per heavy atom. The molecule has 1 heterocycles. The Labute approximate surface area is 127 Å². The Bertz CT molecular complexity index is 536. The van der Waals surface area contributed by atoms with Crippen LogP contribution < -0.4 is 0 Å². The van der Waals surface area contributed by atoms with Gasteiger partial charge in [0.25, 0.3) is 0 Å². The number of methoxy groups -OCH3 is 4. The van der Waals surface area contributed by atoms with Gasteiger partial charge in [-0.1, -0.05) is 0 Å². The average molecular weight is 344 g/mol. The second-order valence-electron chi connectivity index (χ2n) is 4.44. The van der Waals surface area contributed by atoms with Gasteiger partial charge in [-0.2, -0.15) is 0 Å². The van der Waals surface area contributed by atoms with E-state index < -0.39 is 11.6 Å². The van der Waals surface area contributed by atoms with Crippen molar-refractivity contribution in [2.24, 2.45) is 0 Å². The molecule has 0 atom stereocenters. The second-order valence-corrected chi connectivity index (χ2v) is 5.30. The number of rotatable bonds is 4. The van der Waals surface area contributed by atoms with Crippen LogP contribution in [-0.4, -0.2) is 33.4 Å². The molecule has 0 saturated heterocycles. The molecule has 0 fully saturated rings. The van der Waals surface area contributed by atoms with Crippen LogP contribution in [0, 0.1) is 6.92 Å². The molecular weight excluding hydrogens is 326 g/mol. The van der Waals surface area contributed by atoms with Crippen molar-refractivity contribution in [2.75, 3.05) is 28.4 Å². The Balaban J connectivity index is 2.79. The summed E-state index contributed by atoms with van der Waals surface area (Å²) in [5, 5.41) is 0. The molecule has 0 unspecified atom stereocenters. The van der Waals surface area contributed by atoms with Crippen molar-refractivity contribution in [1.29, 1.82) is 0 Å². The van der Waals surface area contributed by atoms with E-state index in [0.29, 0.717) is 10.2 Å². The van der Waals surface area contributed by atoms with Gasteiger partial charge in [0.2, 0.25) is 11.6 Å². The molecule has 0 amide bonds. The summed E-state index contributed by atoms with van der Waals surface area (Å²) in [6.45, 7) is 1.91. The molecule has 0 aromatic carbocycles. The summed E-state index contributed by atoms with van der Waals surface area (Å²) in [4.78, 5) is 4.56. The maximum Gasteiger partial charge on any atom is 0.233 e. The maximum absolute atomic E-state index is 5.60. The fraction of sp³-hybridized carbons (Fsp3) is 0.500. The van der Waals surface area contributed by atoms with Gasteiger partial charge in [-0.3, -0.25) is 4.98 Å². The minimum Gasteiger partial charge on any atom is -0.345 e. The standard InChI is InChI=1S/C14H18BrNO4/c1-9-6-7-10-12(16-9)13(17-2,18-3)8-11(15)14(10,19-4)20-5/h6-8H,1-5H3. The molecule has 0 spiro atoms. The highest BCUT2D eigenvalue weighted by Crippen LogP contribution is 2.48. The molecule has 0 N–H and O–H groups in total. The lowest BCUT2D eigenvalue weighted by Crippen LogP contribution is -2.43. The maximum atomic E-state index is 5.60. The highest BCUT2D eigenvalue weighted by Gasteiger charge is 2.50. The van der Waals surface area contributed by atoms with Crippen molar-refractivity contribution >= 4 is 15.9 Å². The Hall–Kier alpha value is -0.790. The first kappa shape index (κ1) is 15.6. The summed E-state index contributed by atoms with van der Waals surface area (Å²) in [5.74, 6) is -2.11. The first-order valence-electron chi connectivity index (χ1n) is 6.07. The summed E-state index contributed by atoms with van der Waals surface area (Å²) < 4.78 is 23.0. The van der Waals surface area contributed by atoms with Crippen molar-refractivity contribution in [3.05, 3.63) is 39.6 Å². The largest absolute Gasteiger partial charge is 0.345 e. The fourth-order valence-electron chi connectivity index (χ4n) is 2.44. The number of aryl methyl sites for hydroxylation is 1. The van der Waals surface area contributed by atoms with Gasteiger partial charge in [-0.25, -0.2) is 0 Å². The van der Waals surface area contributed by atoms with Crippen molar-refractivity contribution in [1.82, 2.24) is 4.98 Å². The van der Waals surface area contributed by atoms with Gasteiger partial charge in [0.1, 0.15) is 5.69 Å². The van der Waals surface area contributed by atoms with E-state index in [2.05, 4.69) is 20.9 Å². The third-order valence-electron chi connectivity index (χ3n) is 3.53. The van der Waals surface area contributed by atoms with E-state index in [-0.39, 0.29) is 0 Å². The van der Waals surface area contributed by atoms with Crippen LogP contribution >= 0.6 is 15.9 Å². The smallest absolute Gasteiger partial charge is 0.233 e. The van der Waals surface area contributed by atoms with Gasteiger partial charge in [0, 0.05) is 39.7 Å². The van der Waals surface area contributed by atoms with Crippen molar-refractivity contribution in [3.63, 3.8) is 0 Å². The minimum absolute atomic E-state index is 0.620. The summed E-state index contributed by atoms with van der Waals surface area (Å²) in [5.41, 5.74) is 2.22. The van der Waals surface area contributed by atoms with Gasteiger partial charge >= 0.3 is 0 Å². The SMILES string of the molecule is COC1(OC)C=C(Br)C(OC)(OC)c2ccc(C)nc21. The molecule has 0 bridgehead atoms. The van der Waals surface area contributed by atoms with E-state index in [9.17, 15) is 0 Å². The quantitative estimate of drug-likeness (QED) is 0.786. The van der Waals surface area contributed by atoms with Gasteiger partial charge in [-0.15, -0.1) is 0 Å². The highest BCUT2D eigenvalue weighted by atomic mass is 79.9. The fourth-order valence-corrected chi connectivity index (χ4v) is 3.28. The number of hydrogen-bond acceptors (Lipinski definition) is 5. The molecule has 6 heteroatoms. The van der Waals surface area contributed by atoms with Crippen molar-refractivity contribution in [2.45, 2.75) is 18.5 Å². The summed E-state index contributed by atoms with van der Waals surface area (Å²) in [6.07, 6.45) is 1.76. The highest BCUT2D eigenvalue weighted by molar-refractivity contribution is 9.11. The zero-order valence-electron chi connectivity index (χ0n) is 12.2. The number of halogens is 1. The van der Waals surface area contributed by atoms with Crippen LogP contribution in [0.2, 0.25) is 0 Å². The second kappa shape index (κ2) is 5.54. The molecule has 5 nitrogen and oxygen atoms in total. The van der Waals surface area contributed by atoms with E-state index in [1.807, 2.05) is 19.1 Å². The van der Waals surface area contributed by atoms with Crippen molar-refractivity contribution < 1.29 is 18.9 Å². The normalized spacial score (nSPS) is 19.4. The van der Waals surface area contributed by atoms with E-state index in [1.54, 1.807) is 34.5 Å². The van der Waals surface area contributed by atoms with Crippen LogP contribution in [0.1, 0.15) is 17.0 Å². The van der Waals surface area contributed by atoms with E-state index >= 15 is 0 Å². The third kappa shape index (κ3) is 2.03. The van der Waals surface area contributed by atoms with Gasteiger partial charge in [0.05, 0.1) is 4.48 Å². The lowest BCUT2D eigenvalue weighted by atomic mass is 9.91.